The lowest BCUT2D eigenvalue weighted by atomic mass is 9.92. The van der Waals surface area contributed by atoms with Gasteiger partial charge in [-0.2, -0.15) is 0 Å². The summed E-state index contributed by atoms with van der Waals surface area (Å²) in [4.78, 5) is 86.8. The number of hydrogen-bond donors (Lipinski definition) is 7. The summed E-state index contributed by atoms with van der Waals surface area (Å²) in [6.45, 7) is 7.15. The summed E-state index contributed by atoms with van der Waals surface area (Å²) in [6, 6.07) is 31.3. The average molecular weight is 825 g/mol. The van der Waals surface area contributed by atoms with Crippen LogP contribution in [0.4, 0.5) is 0 Å². The molecule has 13 nitrogen and oxygen atoms in total. The monoisotopic (exact) mass is 824 g/mol. The van der Waals surface area contributed by atoms with Gasteiger partial charge in [0.2, 0.25) is 11.8 Å². The molecule has 0 unspecified atom stereocenters. The van der Waals surface area contributed by atoms with Gasteiger partial charge >= 0.3 is 0 Å². The number of amides is 4. The van der Waals surface area contributed by atoms with Crippen molar-refractivity contribution in [2.45, 2.75) is 77.2 Å². The summed E-state index contributed by atoms with van der Waals surface area (Å²) < 4.78 is 0. The topological polar surface area (TPSA) is 202 Å². The molecule has 6 rings (SSSR count). The second-order valence-electron chi connectivity index (χ2n) is 16.1. The lowest BCUT2D eigenvalue weighted by molar-refractivity contribution is -0.126. The molecule has 316 valence electrons. The first-order valence-electron chi connectivity index (χ1n) is 20.5. The lowest BCUT2D eigenvalue weighted by Crippen LogP contribution is -2.57. The quantitative estimate of drug-likeness (QED) is 0.0686. The van der Waals surface area contributed by atoms with Gasteiger partial charge in [0, 0.05) is 40.0 Å². The Morgan fingerprint density at radius 3 is 1.41 bits per heavy atom. The van der Waals surface area contributed by atoms with Crippen molar-refractivity contribution in [3.8, 4) is 0 Å². The molecule has 0 aliphatic heterocycles. The second-order valence-corrected chi connectivity index (χ2v) is 16.1. The van der Waals surface area contributed by atoms with E-state index in [0.29, 0.717) is 28.2 Å². The van der Waals surface area contributed by atoms with Crippen LogP contribution < -0.4 is 32.1 Å². The number of hydrogen-bond acceptors (Lipinski definition) is 7. The minimum absolute atomic E-state index is 0.00366. The van der Waals surface area contributed by atoms with Gasteiger partial charge in [-0.25, -0.2) is 0 Å². The maximum Gasteiger partial charge on any atom is 0.268 e. The summed E-state index contributed by atoms with van der Waals surface area (Å²) in [5.74, 6) is -3.03. The Morgan fingerprint density at radius 1 is 0.541 bits per heavy atom. The number of rotatable bonds is 17. The first kappa shape index (κ1) is 43.7. The zero-order valence-electron chi connectivity index (χ0n) is 34.6. The van der Waals surface area contributed by atoms with Crippen LogP contribution in [0.1, 0.15) is 66.2 Å². The van der Waals surface area contributed by atoms with Gasteiger partial charge in [-0.05, 0) is 66.5 Å². The van der Waals surface area contributed by atoms with Crippen LogP contribution in [0.2, 0.25) is 0 Å². The Kier molecular flexibility index (Phi) is 14.3. The van der Waals surface area contributed by atoms with E-state index in [9.17, 15) is 33.9 Å². The highest BCUT2D eigenvalue weighted by Crippen LogP contribution is 2.17. The fraction of sp³-hybridized carbons (Fsp3) is 0.292. The Hall–Kier alpha value is -6.86. The summed E-state index contributed by atoms with van der Waals surface area (Å²) in [5, 5.41) is 24.6. The van der Waals surface area contributed by atoms with Crippen LogP contribution in [0.15, 0.2) is 131 Å². The van der Waals surface area contributed by atoms with E-state index >= 15 is 0 Å². The zero-order chi connectivity index (χ0) is 43.6. The number of carbonyl (C=O) groups excluding carboxylic acids is 4. The minimum atomic E-state index is -1.20. The Labute approximate surface area is 353 Å². The van der Waals surface area contributed by atoms with Gasteiger partial charge < -0.3 is 36.3 Å². The molecule has 4 amide bonds. The van der Waals surface area contributed by atoms with Crippen LogP contribution >= 0.6 is 0 Å². The first-order chi connectivity index (χ1) is 29.3. The molecule has 7 N–H and O–H groups in total. The van der Waals surface area contributed by atoms with E-state index in [-0.39, 0.29) is 46.9 Å². The molecule has 0 radical (unpaired) electrons. The van der Waals surface area contributed by atoms with Crippen molar-refractivity contribution in [1.82, 2.24) is 31.2 Å². The fourth-order valence-corrected chi connectivity index (χ4v) is 7.41. The molecule has 0 aliphatic rings. The van der Waals surface area contributed by atoms with Crippen LogP contribution in [0.5, 0.6) is 0 Å². The van der Waals surface area contributed by atoms with Crippen LogP contribution in [0, 0.1) is 11.8 Å². The number of aromatic amines is 2. The molecule has 0 saturated carbocycles. The normalized spacial score (nSPS) is 13.9. The summed E-state index contributed by atoms with van der Waals surface area (Å²) in [6.07, 6.45) is -0.647. The molecule has 2 aromatic heterocycles. The molecule has 5 atom stereocenters. The number of pyridine rings is 2. The van der Waals surface area contributed by atoms with Gasteiger partial charge in [0.05, 0.1) is 12.1 Å². The molecule has 0 spiro atoms. The number of aromatic nitrogens is 2. The molecule has 6 aromatic rings. The number of benzene rings is 4. The minimum Gasteiger partial charge on any atom is -0.391 e. The van der Waals surface area contributed by atoms with E-state index in [4.69, 9.17) is 0 Å². The highest BCUT2D eigenvalue weighted by atomic mass is 16.3. The van der Waals surface area contributed by atoms with Crippen molar-refractivity contribution in [2.75, 3.05) is 0 Å². The molecule has 2 heterocycles. The van der Waals surface area contributed by atoms with Gasteiger partial charge in [-0.3, -0.25) is 28.8 Å². The van der Waals surface area contributed by atoms with Gasteiger partial charge in [-0.1, -0.05) is 113 Å². The van der Waals surface area contributed by atoms with E-state index in [1.807, 2.05) is 60.7 Å². The first-order valence-corrected chi connectivity index (χ1v) is 20.5. The fourth-order valence-electron chi connectivity index (χ4n) is 7.41. The van der Waals surface area contributed by atoms with E-state index in [1.54, 1.807) is 76.2 Å². The largest absolute Gasteiger partial charge is 0.391 e. The van der Waals surface area contributed by atoms with E-state index in [0.717, 1.165) is 11.1 Å². The van der Waals surface area contributed by atoms with E-state index in [2.05, 4.69) is 31.2 Å². The van der Waals surface area contributed by atoms with Gasteiger partial charge in [0.15, 0.2) is 10.9 Å². The molecule has 0 bridgehead atoms. The van der Waals surface area contributed by atoms with Crippen LogP contribution in [0.3, 0.4) is 0 Å². The number of H-pyrrole nitrogens is 2. The molecule has 61 heavy (non-hydrogen) atoms. The van der Waals surface area contributed by atoms with Crippen LogP contribution in [0.25, 0.3) is 21.8 Å². The SMILES string of the molecule is CC(C)[C@@H](NC(=O)c1cc(=O)c2ccccc2[nH]1)C(=O)N[C@@H](Cc1ccccc1)C[C@@H](O)[C@H](Cc1ccccc1)NC(=O)[C@H](NC(=O)c1cc(=O)c2ccccc2[nH]1)C(C)C. The zero-order valence-corrected chi connectivity index (χ0v) is 34.6. The van der Waals surface area contributed by atoms with Crippen molar-refractivity contribution in [1.29, 1.82) is 0 Å². The van der Waals surface area contributed by atoms with Crippen molar-refractivity contribution >= 4 is 45.4 Å². The van der Waals surface area contributed by atoms with E-state index < -0.39 is 53.9 Å². The number of aliphatic hydroxyl groups is 1. The Balaban J connectivity index is 1.22. The molecule has 4 aromatic carbocycles. The van der Waals surface area contributed by atoms with Crippen molar-refractivity contribution in [3.05, 3.63) is 164 Å². The predicted molar refractivity (Wildman–Crippen MR) is 236 cm³/mol. The van der Waals surface area contributed by atoms with Crippen LogP contribution in [-0.4, -0.2) is 69.0 Å². The van der Waals surface area contributed by atoms with Crippen LogP contribution in [-0.2, 0) is 22.4 Å². The molecular formula is C48H52N6O7. The second kappa shape index (κ2) is 19.9. The number of fused-ring (bicyclic) bond motifs is 2. The van der Waals surface area contributed by atoms with Crippen molar-refractivity contribution in [2.24, 2.45) is 11.8 Å². The summed E-state index contributed by atoms with van der Waals surface area (Å²) in [5.41, 5.74) is 2.04. The predicted octanol–water partition coefficient (Wildman–Crippen LogP) is 4.78. The Morgan fingerprint density at radius 2 is 0.951 bits per heavy atom. The summed E-state index contributed by atoms with van der Waals surface area (Å²) >= 11 is 0. The maximum absolute atomic E-state index is 14.1. The van der Waals surface area contributed by atoms with Gasteiger partial charge in [-0.15, -0.1) is 0 Å². The standard InChI is InChI=1S/C48H52N6O7/c1-28(2)43(53-45(58)38-26-40(55)33-19-11-13-21-35(33)50-38)47(60)49-32(23-30-15-7-5-8-16-30)25-42(57)37(24-31-17-9-6-10-18-31)52-48(61)44(29(3)4)54-46(59)39-27-41(56)34-20-12-14-22-36(34)51-39/h5-22,26-29,32,37,42-44,57H,23-25H2,1-4H3,(H,49,60)(H,50,55)(H,51,56)(H,52,61)(H,53,58)(H,54,59)/t32-,37-,42+,43+,44+/m0/s1. The molecule has 0 fully saturated rings. The molecule has 0 aliphatic carbocycles. The number of nitrogens with one attached hydrogen (secondary N) is 6. The van der Waals surface area contributed by atoms with E-state index in [1.165, 1.54) is 12.1 Å². The number of aliphatic hydroxyl groups excluding tert-OH is 1. The highest BCUT2D eigenvalue weighted by Gasteiger charge is 2.33. The van der Waals surface area contributed by atoms with Crippen molar-refractivity contribution in [3.63, 3.8) is 0 Å². The average Bonchev–Trinajstić information content (AvgIpc) is 3.24. The molecule has 13 heteroatoms. The third-order valence-electron chi connectivity index (χ3n) is 10.7. The summed E-state index contributed by atoms with van der Waals surface area (Å²) in [7, 11) is 0. The van der Waals surface area contributed by atoms with Gasteiger partial charge in [0.25, 0.3) is 11.8 Å². The van der Waals surface area contributed by atoms with Gasteiger partial charge in [0.1, 0.15) is 23.5 Å². The lowest BCUT2D eigenvalue weighted by Gasteiger charge is -2.31. The highest BCUT2D eigenvalue weighted by molar-refractivity contribution is 5.99. The third-order valence-corrected chi connectivity index (χ3v) is 10.7. The maximum atomic E-state index is 14.1. The molecular weight excluding hydrogens is 773 g/mol. The number of carbonyl (C=O) groups is 4. The van der Waals surface area contributed by atoms with Crippen molar-refractivity contribution < 1.29 is 24.3 Å². The smallest absolute Gasteiger partial charge is 0.268 e. The third kappa shape index (κ3) is 11.3. The Bertz CT molecular complexity index is 2610. The number of para-hydroxylation sites is 2. The molecule has 0 saturated heterocycles.